The molecular weight excluding hydrogens is 250 g/mol. The first-order valence-corrected chi connectivity index (χ1v) is 6.41. The number of hydrogen-bond donors (Lipinski definition) is 2. The van der Waals surface area contributed by atoms with Crippen molar-refractivity contribution in [3.63, 3.8) is 0 Å². The molecule has 0 saturated heterocycles. The van der Waals surface area contributed by atoms with E-state index in [9.17, 15) is 0 Å². The zero-order chi connectivity index (χ0) is 13.8. The number of imidazole rings is 1. The summed E-state index contributed by atoms with van der Waals surface area (Å²) in [5.74, 6) is 2.40. The maximum absolute atomic E-state index is 5.76. The summed E-state index contributed by atoms with van der Waals surface area (Å²) in [4.78, 5) is 7.39. The van der Waals surface area contributed by atoms with Gasteiger partial charge in [-0.3, -0.25) is 0 Å². The first kappa shape index (κ1) is 12.3. The SMILES string of the molecule is CNc1ncc(-c2ccc(Oc3ccccc3)cc2)[nH]1. The maximum atomic E-state index is 5.76. The van der Waals surface area contributed by atoms with Crippen molar-refractivity contribution in [1.29, 1.82) is 0 Å². The van der Waals surface area contributed by atoms with Gasteiger partial charge in [-0.05, 0) is 42.0 Å². The average molecular weight is 265 g/mol. The first-order chi connectivity index (χ1) is 9.85. The summed E-state index contributed by atoms with van der Waals surface area (Å²) < 4.78 is 5.76. The van der Waals surface area contributed by atoms with Gasteiger partial charge >= 0.3 is 0 Å². The third kappa shape index (κ3) is 2.64. The zero-order valence-corrected chi connectivity index (χ0v) is 11.1. The summed E-state index contributed by atoms with van der Waals surface area (Å²) in [5, 5.41) is 2.97. The van der Waals surface area contributed by atoms with E-state index in [1.165, 1.54) is 0 Å². The Morgan fingerprint density at radius 2 is 1.65 bits per heavy atom. The highest BCUT2D eigenvalue weighted by molar-refractivity contribution is 5.61. The molecule has 2 aromatic carbocycles. The highest BCUT2D eigenvalue weighted by Crippen LogP contribution is 2.25. The lowest BCUT2D eigenvalue weighted by molar-refractivity contribution is 0.483. The van der Waals surface area contributed by atoms with E-state index in [-0.39, 0.29) is 0 Å². The first-order valence-electron chi connectivity index (χ1n) is 6.41. The Morgan fingerprint density at radius 3 is 2.30 bits per heavy atom. The average Bonchev–Trinajstić information content (AvgIpc) is 2.98. The second-order valence-corrected chi connectivity index (χ2v) is 4.33. The molecule has 2 N–H and O–H groups in total. The Morgan fingerprint density at radius 1 is 0.950 bits per heavy atom. The Kier molecular flexibility index (Phi) is 3.37. The van der Waals surface area contributed by atoms with Crippen LogP contribution in [-0.2, 0) is 0 Å². The van der Waals surface area contributed by atoms with Gasteiger partial charge in [-0.15, -0.1) is 0 Å². The third-order valence-corrected chi connectivity index (χ3v) is 2.96. The van der Waals surface area contributed by atoms with Gasteiger partial charge in [0.25, 0.3) is 0 Å². The maximum Gasteiger partial charge on any atom is 0.200 e. The molecule has 20 heavy (non-hydrogen) atoms. The van der Waals surface area contributed by atoms with Crippen molar-refractivity contribution in [3.8, 4) is 22.8 Å². The highest BCUT2D eigenvalue weighted by atomic mass is 16.5. The molecule has 1 heterocycles. The van der Waals surface area contributed by atoms with Crippen LogP contribution in [0.25, 0.3) is 11.3 Å². The molecule has 4 nitrogen and oxygen atoms in total. The van der Waals surface area contributed by atoms with Gasteiger partial charge in [0.1, 0.15) is 11.5 Å². The van der Waals surface area contributed by atoms with Gasteiger partial charge in [-0.2, -0.15) is 0 Å². The summed E-state index contributed by atoms with van der Waals surface area (Å²) in [7, 11) is 1.83. The van der Waals surface area contributed by atoms with E-state index in [1.807, 2.05) is 61.6 Å². The normalized spacial score (nSPS) is 10.2. The van der Waals surface area contributed by atoms with Gasteiger partial charge < -0.3 is 15.0 Å². The van der Waals surface area contributed by atoms with Crippen LogP contribution >= 0.6 is 0 Å². The Bertz CT molecular complexity index is 674. The van der Waals surface area contributed by atoms with Crippen LogP contribution in [0.1, 0.15) is 0 Å². The van der Waals surface area contributed by atoms with Gasteiger partial charge in [0, 0.05) is 7.05 Å². The van der Waals surface area contributed by atoms with Crippen LogP contribution < -0.4 is 10.1 Å². The summed E-state index contributed by atoms with van der Waals surface area (Å²) in [5.41, 5.74) is 2.04. The fourth-order valence-corrected chi connectivity index (χ4v) is 1.92. The Hall–Kier alpha value is -2.75. The van der Waals surface area contributed by atoms with E-state index in [0.717, 1.165) is 28.7 Å². The van der Waals surface area contributed by atoms with Gasteiger partial charge in [-0.1, -0.05) is 18.2 Å². The van der Waals surface area contributed by atoms with Crippen LogP contribution in [0, 0.1) is 0 Å². The molecule has 1 aromatic heterocycles. The number of nitrogens with zero attached hydrogens (tertiary/aromatic N) is 1. The van der Waals surface area contributed by atoms with Crippen LogP contribution in [-0.4, -0.2) is 17.0 Å². The quantitative estimate of drug-likeness (QED) is 0.752. The van der Waals surface area contributed by atoms with Gasteiger partial charge in [0.2, 0.25) is 0 Å². The molecule has 0 bridgehead atoms. The number of benzene rings is 2. The van der Waals surface area contributed by atoms with Crippen LogP contribution in [0.2, 0.25) is 0 Å². The van der Waals surface area contributed by atoms with Crippen LogP contribution in [0.5, 0.6) is 11.5 Å². The molecule has 3 aromatic rings. The van der Waals surface area contributed by atoms with E-state index in [1.54, 1.807) is 6.20 Å². The van der Waals surface area contributed by atoms with Crippen molar-refractivity contribution >= 4 is 5.95 Å². The van der Waals surface area contributed by atoms with Crippen molar-refractivity contribution in [2.24, 2.45) is 0 Å². The van der Waals surface area contributed by atoms with Crippen LogP contribution in [0.15, 0.2) is 60.8 Å². The predicted octanol–water partition coefficient (Wildman–Crippen LogP) is 3.91. The fourth-order valence-electron chi connectivity index (χ4n) is 1.92. The monoisotopic (exact) mass is 265 g/mol. The third-order valence-electron chi connectivity index (χ3n) is 2.96. The molecule has 0 unspecified atom stereocenters. The molecule has 0 saturated carbocycles. The van der Waals surface area contributed by atoms with Crippen LogP contribution in [0.4, 0.5) is 5.95 Å². The van der Waals surface area contributed by atoms with E-state index >= 15 is 0 Å². The van der Waals surface area contributed by atoms with Crippen molar-refractivity contribution in [2.45, 2.75) is 0 Å². The summed E-state index contributed by atoms with van der Waals surface area (Å²) in [6.07, 6.45) is 1.80. The summed E-state index contributed by atoms with van der Waals surface area (Å²) in [6, 6.07) is 17.6. The molecule has 0 atom stereocenters. The second kappa shape index (κ2) is 5.48. The Balaban J connectivity index is 1.77. The fraction of sp³-hybridized carbons (Fsp3) is 0.0625. The minimum atomic E-state index is 0.754. The molecule has 0 radical (unpaired) electrons. The Labute approximate surface area is 117 Å². The number of H-pyrrole nitrogens is 1. The van der Waals surface area contributed by atoms with E-state index < -0.39 is 0 Å². The lowest BCUT2D eigenvalue weighted by Crippen LogP contribution is -1.89. The smallest absolute Gasteiger partial charge is 0.200 e. The summed E-state index contributed by atoms with van der Waals surface area (Å²) >= 11 is 0. The van der Waals surface area contributed by atoms with E-state index in [2.05, 4.69) is 15.3 Å². The molecule has 100 valence electrons. The number of hydrogen-bond acceptors (Lipinski definition) is 3. The molecule has 3 rings (SSSR count). The molecule has 4 heteroatoms. The summed E-state index contributed by atoms with van der Waals surface area (Å²) in [6.45, 7) is 0. The van der Waals surface area contributed by atoms with Crippen LogP contribution in [0.3, 0.4) is 0 Å². The molecular formula is C16H15N3O. The number of anilines is 1. The molecule has 0 spiro atoms. The molecule has 0 aliphatic rings. The predicted molar refractivity (Wildman–Crippen MR) is 80.1 cm³/mol. The van der Waals surface area contributed by atoms with Gasteiger partial charge in [0.15, 0.2) is 5.95 Å². The van der Waals surface area contributed by atoms with Gasteiger partial charge in [-0.25, -0.2) is 4.98 Å². The standard InChI is InChI=1S/C16H15N3O/c1-17-16-18-11-15(19-16)12-7-9-14(10-8-12)20-13-5-3-2-4-6-13/h2-11H,1H3,(H2,17,18,19). The number of aromatic amines is 1. The number of ether oxygens (including phenoxy) is 1. The lowest BCUT2D eigenvalue weighted by Gasteiger charge is -2.06. The number of aromatic nitrogens is 2. The van der Waals surface area contributed by atoms with Crippen molar-refractivity contribution in [1.82, 2.24) is 9.97 Å². The van der Waals surface area contributed by atoms with E-state index in [0.29, 0.717) is 0 Å². The second-order valence-electron chi connectivity index (χ2n) is 4.33. The number of para-hydroxylation sites is 1. The van der Waals surface area contributed by atoms with Crippen molar-refractivity contribution in [3.05, 3.63) is 60.8 Å². The number of rotatable bonds is 4. The van der Waals surface area contributed by atoms with E-state index in [4.69, 9.17) is 4.74 Å². The van der Waals surface area contributed by atoms with Crippen molar-refractivity contribution in [2.75, 3.05) is 12.4 Å². The topological polar surface area (TPSA) is 49.9 Å². The lowest BCUT2D eigenvalue weighted by atomic mass is 10.2. The van der Waals surface area contributed by atoms with Crippen molar-refractivity contribution < 1.29 is 4.74 Å². The molecule has 0 aliphatic carbocycles. The largest absolute Gasteiger partial charge is 0.457 e. The number of nitrogens with one attached hydrogen (secondary N) is 2. The molecule has 0 amide bonds. The highest BCUT2D eigenvalue weighted by Gasteiger charge is 2.03. The molecule has 0 fully saturated rings. The van der Waals surface area contributed by atoms with Gasteiger partial charge in [0.05, 0.1) is 11.9 Å². The minimum absolute atomic E-state index is 0.754. The zero-order valence-electron chi connectivity index (χ0n) is 11.1. The minimum Gasteiger partial charge on any atom is -0.457 e. The molecule has 0 aliphatic heterocycles.